The molecule has 4 heterocycles. The van der Waals surface area contributed by atoms with Gasteiger partial charge >= 0.3 is 0 Å². The second-order valence-corrected chi connectivity index (χ2v) is 8.61. The minimum atomic E-state index is -0.477. The lowest BCUT2D eigenvalue weighted by Gasteiger charge is -2.43. The summed E-state index contributed by atoms with van der Waals surface area (Å²) in [5, 5.41) is 3.45. The van der Waals surface area contributed by atoms with Crippen molar-refractivity contribution in [3.05, 3.63) is 88.4 Å². The van der Waals surface area contributed by atoms with Gasteiger partial charge in [0.1, 0.15) is 11.9 Å². The van der Waals surface area contributed by atoms with E-state index in [0.29, 0.717) is 13.1 Å². The fraction of sp³-hybridized carbons (Fsp3) is 0.375. The molecule has 2 aromatic heterocycles. The number of rotatable bonds is 5. The maximum Gasteiger partial charge on any atom is 0.251 e. The van der Waals surface area contributed by atoms with Crippen LogP contribution in [0.5, 0.6) is 0 Å². The number of carbonyl (C=O) groups excluding carboxylic acids is 1. The summed E-state index contributed by atoms with van der Waals surface area (Å²) in [7, 11) is 1.81. The molecule has 5 rings (SSSR count). The number of likely N-dealkylation sites (N-methyl/N-ethyl adjacent to an activating group) is 1. The number of pyridine rings is 1. The number of hydrogen-bond donors (Lipinski definition) is 1. The Bertz CT molecular complexity index is 1140. The Hall–Kier alpha value is -3.19. The molecule has 7 heteroatoms. The third-order valence-corrected chi connectivity index (χ3v) is 6.55. The molecule has 160 valence electrons. The van der Waals surface area contributed by atoms with Gasteiger partial charge in [-0.2, -0.15) is 0 Å². The van der Waals surface area contributed by atoms with E-state index < -0.39 is 6.04 Å². The van der Waals surface area contributed by atoms with Crippen LogP contribution in [-0.4, -0.2) is 45.1 Å². The first kappa shape index (κ1) is 19.8. The molecule has 2 bridgehead atoms. The molecule has 3 atom stereocenters. The van der Waals surface area contributed by atoms with Gasteiger partial charge in [-0.15, -0.1) is 0 Å². The van der Waals surface area contributed by atoms with Crippen LogP contribution in [0.2, 0.25) is 0 Å². The molecule has 1 amide bonds. The summed E-state index contributed by atoms with van der Waals surface area (Å²) in [6, 6.07) is 15.1. The van der Waals surface area contributed by atoms with Gasteiger partial charge in [0.2, 0.25) is 5.91 Å². The van der Waals surface area contributed by atoms with E-state index in [-0.39, 0.29) is 23.3 Å². The summed E-state index contributed by atoms with van der Waals surface area (Å²) in [6.45, 7) is 2.71. The van der Waals surface area contributed by atoms with E-state index in [0.717, 1.165) is 31.0 Å². The Balaban J connectivity index is 1.40. The van der Waals surface area contributed by atoms with E-state index in [9.17, 15) is 9.59 Å². The highest BCUT2D eigenvalue weighted by Gasteiger charge is 2.42. The van der Waals surface area contributed by atoms with Crippen LogP contribution in [0.25, 0.3) is 0 Å². The smallest absolute Gasteiger partial charge is 0.251 e. The van der Waals surface area contributed by atoms with Crippen molar-refractivity contribution < 1.29 is 4.79 Å². The molecule has 7 nitrogen and oxygen atoms in total. The van der Waals surface area contributed by atoms with Crippen molar-refractivity contribution >= 4 is 5.91 Å². The number of benzene rings is 1. The predicted octanol–water partition coefficient (Wildman–Crippen LogP) is 2.00. The molecule has 31 heavy (non-hydrogen) atoms. The maximum atomic E-state index is 13.6. The maximum absolute atomic E-state index is 13.6. The molecular weight excluding hydrogens is 390 g/mol. The number of piperidine rings is 1. The average Bonchev–Trinajstić information content (AvgIpc) is 3.21. The Morgan fingerprint density at radius 2 is 2.00 bits per heavy atom. The average molecular weight is 418 g/mol. The lowest BCUT2D eigenvalue weighted by molar-refractivity contribution is -0.137. The minimum absolute atomic E-state index is 0.0315. The fourth-order valence-corrected chi connectivity index (χ4v) is 5.04. The first-order valence-corrected chi connectivity index (χ1v) is 10.8. The van der Waals surface area contributed by atoms with Gasteiger partial charge in [-0.05, 0) is 18.1 Å². The van der Waals surface area contributed by atoms with Gasteiger partial charge in [-0.3, -0.25) is 14.2 Å². The van der Waals surface area contributed by atoms with Gasteiger partial charge in [-0.25, -0.2) is 4.98 Å². The van der Waals surface area contributed by atoms with E-state index in [1.165, 1.54) is 5.56 Å². The Morgan fingerprint density at radius 3 is 2.84 bits per heavy atom. The molecule has 3 aromatic rings. The monoisotopic (exact) mass is 417 g/mol. The van der Waals surface area contributed by atoms with Gasteiger partial charge in [0, 0.05) is 62.7 Å². The zero-order chi connectivity index (χ0) is 21.4. The van der Waals surface area contributed by atoms with Crippen LogP contribution in [0.3, 0.4) is 0 Å². The van der Waals surface area contributed by atoms with Crippen molar-refractivity contribution in [3.63, 3.8) is 0 Å². The Morgan fingerprint density at radius 1 is 1.16 bits per heavy atom. The molecule has 0 spiro atoms. The lowest BCUT2D eigenvalue weighted by atomic mass is 9.79. The summed E-state index contributed by atoms with van der Waals surface area (Å²) >= 11 is 0. The van der Waals surface area contributed by atoms with E-state index in [1.54, 1.807) is 34.8 Å². The molecule has 1 saturated heterocycles. The lowest BCUT2D eigenvalue weighted by Crippen LogP contribution is -2.52. The highest BCUT2D eigenvalue weighted by molar-refractivity contribution is 5.81. The zero-order valence-electron chi connectivity index (χ0n) is 17.6. The number of aromatic nitrogens is 3. The van der Waals surface area contributed by atoms with Crippen molar-refractivity contribution in [2.45, 2.75) is 31.5 Å². The van der Waals surface area contributed by atoms with Crippen molar-refractivity contribution in [1.29, 1.82) is 0 Å². The summed E-state index contributed by atoms with van der Waals surface area (Å²) in [5.74, 6) is 1.20. The number of fused-ring (bicyclic) bond motifs is 4. The van der Waals surface area contributed by atoms with Crippen LogP contribution in [-0.2, 0) is 17.9 Å². The Kier molecular flexibility index (Phi) is 5.19. The molecule has 2 aliphatic rings. The van der Waals surface area contributed by atoms with E-state index >= 15 is 0 Å². The van der Waals surface area contributed by atoms with Gasteiger partial charge in [0.25, 0.3) is 5.56 Å². The highest BCUT2D eigenvalue weighted by atomic mass is 16.2. The molecule has 0 saturated carbocycles. The van der Waals surface area contributed by atoms with Crippen LogP contribution >= 0.6 is 0 Å². The fourth-order valence-electron chi connectivity index (χ4n) is 5.04. The second kappa shape index (κ2) is 8.15. The van der Waals surface area contributed by atoms with Gasteiger partial charge in [0.15, 0.2) is 0 Å². The van der Waals surface area contributed by atoms with Crippen LogP contribution in [0, 0.1) is 5.92 Å². The van der Waals surface area contributed by atoms with Crippen molar-refractivity contribution in [1.82, 2.24) is 24.3 Å². The number of carbonyl (C=O) groups is 1. The minimum Gasteiger partial charge on any atom is -0.336 e. The third-order valence-electron chi connectivity index (χ3n) is 6.55. The zero-order valence-corrected chi connectivity index (χ0v) is 17.6. The van der Waals surface area contributed by atoms with Crippen LogP contribution in [0.4, 0.5) is 0 Å². The standard InChI is InChI=1S/C24H27N5O2/c1-27(16-21-26-10-11-28(21)15-17-6-3-2-4-7-17)24(31)23-19-12-18(13-25-14-19)20-8-5-9-22(30)29(20)23/h2-11,18-19,23,25H,12-16H2,1H3/t18-,19+,23-/m1/s1. The molecule has 0 unspecified atom stereocenters. The molecule has 0 radical (unpaired) electrons. The van der Waals surface area contributed by atoms with Crippen LogP contribution < -0.4 is 10.9 Å². The normalized spacial score (nSPS) is 22.0. The third kappa shape index (κ3) is 3.70. The molecule has 1 fully saturated rings. The topological polar surface area (TPSA) is 72.2 Å². The Labute approximate surface area is 181 Å². The number of amides is 1. The van der Waals surface area contributed by atoms with Crippen molar-refractivity contribution in [2.75, 3.05) is 20.1 Å². The first-order valence-electron chi connectivity index (χ1n) is 10.8. The predicted molar refractivity (Wildman–Crippen MR) is 118 cm³/mol. The summed E-state index contributed by atoms with van der Waals surface area (Å²) < 4.78 is 3.81. The van der Waals surface area contributed by atoms with Crippen molar-refractivity contribution in [2.24, 2.45) is 5.92 Å². The van der Waals surface area contributed by atoms with Gasteiger partial charge < -0.3 is 14.8 Å². The van der Waals surface area contributed by atoms with E-state index in [4.69, 9.17) is 0 Å². The molecule has 2 aliphatic heterocycles. The van der Waals surface area contributed by atoms with E-state index in [2.05, 4.69) is 27.0 Å². The largest absolute Gasteiger partial charge is 0.336 e. The first-order chi connectivity index (χ1) is 15.1. The quantitative estimate of drug-likeness (QED) is 0.689. The number of nitrogens with zero attached hydrogens (tertiary/aromatic N) is 4. The van der Waals surface area contributed by atoms with E-state index in [1.807, 2.05) is 30.5 Å². The highest BCUT2D eigenvalue weighted by Crippen LogP contribution is 2.39. The molecular formula is C24H27N5O2. The summed E-state index contributed by atoms with van der Waals surface area (Å²) in [5.41, 5.74) is 2.06. The molecule has 0 aliphatic carbocycles. The molecule has 1 aromatic carbocycles. The second-order valence-electron chi connectivity index (χ2n) is 8.61. The number of imidazole rings is 1. The SMILES string of the molecule is CN(Cc1nccn1Cc1ccccc1)C(=O)[C@H]1[C@@H]2CNC[C@@H](C2)c2cccc(=O)n21. The number of hydrogen-bond acceptors (Lipinski definition) is 4. The van der Waals surface area contributed by atoms with Crippen molar-refractivity contribution in [3.8, 4) is 0 Å². The van der Waals surface area contributed by atoms with Gasteiger partial charge in [0.05, 0.1) is 6.54 Å². The summed E-state index contributed by atoms with van der Waals surface area (Å²) in [4.78, 5) is 32.6. The molecule has 1 N–H and O–H groups in total. The number of nitrogens with one attached hydrogen (secondary N) is 1. The van der Waals surface area contributed by atoms with Crippen LogP contribution in [0.15, 0.2) is 65.7 Å². The van der Waals surface area contributed by atoms with Gasteiger partial charge in [-0.1, -0.05) is 36.4 Å². The summed E-state index contributed by atoms with van der Waals surface area (Å²) in [6.07, 6.45) is 4.65. The van der Waals surface area contributed by atoms with Crippen LogP contribution in [0.1, 0.15) is 35.5 Å².